The van der Waals surface area contributed by atoms with Crippen molar-refractivity contribution in [3.63, 3.8) is 0 Å². The number of rotatable bonds is 14. The Labute approximate surface area is 331 Å². The number of anilines is 1. The molecule has 0 spiro atoms. The predicted molar refractivity (Wildman–Crippen MR) is 210 cm³/mol. The van der Waals surface area contributed by atoms with Gasteiger partial charge in [0.1, 0.15) is 41.1 Å². The molecule has 2 saturated carbocycles. The smallest absolute Gasteiger partial charge is 0.408 e. The number of hydrogen-bond acceptors (Lipinski definition) is 11. The van der Waals surface area contributed by atoms with Crippen molar-refractivity contribution in [1.29, 1.82) is 0 Å². The summed E-state index contributed by atoms with van der Waals surface area (Å²) in [5.41, 5.74) is 0.597. The van der Waals surface area contributed by atoms with E-state index in [4.69, 9.17) is 23.7 Å². The molecule has 0 bridgehead atoms. The fraction of sp³-hybridized carbons (Fsp3) is 0.538. The number of methoxy groups -OCH3 is 1. The molecule has 2 unspecified atom stereocenters. The maximum atomic E-state index is 14.7. The van der Waals surface area contributed by atoms with Gasteiger partial charge in [0.05, 0.1) is 43.4 Å². The van der Waals surface area contributed by atoms with Crippen LogP contribution in [0.1, 0.15) is 73.1 Å². The highest BCUT2D eigenvalue weighted by molar-refractivity contribution is 7.55. The summed E-state index contributed by atoms with van der Waals surface area (Å²) in [4.78, 5) is 78.3. The number of nitrogens with zero attached hydrogens (tertiary/aromatic N) is 3. The topological polar surface area (TPSA) is 223 Å². The van der Waals surface area contributed by atoms with Crippen LogP contribution in [0.3, 0.4) is 0 Å². The van der Waals surface area contributed by atoms with Crippen molar-refractivity contribution in [2.45, 2.75) is 103 Å². The summed E-state index contributed by atoms with van der Waals surface area (Å²) in [5.74, 6) is -0.930. The lowest BCUT2D eigenvalue weighted by molar-refractivity contribution is -0.142. The fourth-order valence-corrected chi connectivity index (χ4v) is 9.36. The number of H-pyrrole nitrogens is 1. The third-order valence-electron chi connectivity index (χ3n) is 10.6. The average Bonchev–Trinajstić information content (AvgIpc) is 3.55. The number of pyridine rings is 1. The fourth-order valence-electron chi connectivity index (χ4n) is 7.58. The van der Waals surface area contributed by atoms with Gasteiger partial charge in [-0.05, 0) is 56.6 Å². The minimum atomic E-state index is -4.38. The van der Waals surface area contributed by atoms with Gasteiger partial charge in [-0.3, -0.25) is 24.3 Å². The molecule has 6 rings (SSSR count). The molecule has 0 radical (unpaired) electrons. The maximum Gasteiger partial charge on any atom is 0.408 e. The molecule has 17 nitrogen and oxygen atoms in total. The first-order valence-electron chi connectivity index (χ1n) is 19.2. The Morgan fingerprint density at radius 2 is 1.91 bits per heavy atom. The Kier molecular flexibility index (Phi) is 12.0. The number of imidazole rings is 1. The lowest BCUT2D eigenvalue weighted by Gasteiger charge is -2.35. The highest BCUT2D eigenvalue weighted by Crippen LogP contribution is 2.70. The quantitative estimate of drug-likeness (QED) is 0.104. The Morgan fingerprint density at radius 1 is 1.18 bits per heavy atom. The lowest BCUT2D eigenvalue weighted by atomic mass is 9.85. The van der Waals surface area contributed by atoms with Crippen molar-refractivity contribution in [3.05, 3.63) is 43.1 Å². The molecule has 3 aliphatic rings. The lowest BCUT2D eigenvalue weighted by Crippen LogP contribution is -2.58. The molecular formula is C39H52N7O10P. The van der Waals surface area contributed by atoms with Gasteiger partial charge in [0.25, 0.3) is 0 Å². The van der Waals surface area contributed by atoms with Crippen LogP contribution in [0.25, 0.3) is 22.3 Å². The van der Waals surface area contributed by atoms with E-state index in [1.165, 1.54) is 31.2 Å². The number of carbonyl (C=O) groups is 4. The highest BCUT2D eigenvalue weighted by Gasteiger charge is 2.67. The van der Waals surface area contributed by atoms with Gasteiger partial charge in [-0.25, -0.2) is 14.8 Å². The number of alkyl carbamates (subject to hydrolysis) is 1. The van der Waals surface area contributed by atoms with E-state index in [0.717, 1.165) is 25.7 Å². The van der Waals surface area contributed by atoms with Crippen LogP contribution in [0.4, 0.5) is 10.7 Å². The number of carbonyl (C=O) groups excluding carboxylic acids is 4. The average molecular weight is 810 g/mol. The molecule has 308 valence electrons. The summed E-state index contributed by atoms with van der Waals surface area (Å²) in [6, 6.07) is 4.68. The molecule has 1 aliphatic heterocycles. The van der Waals surface area contributed by atoms with Gasteiger partial charge < -0.3 is 44.1 Å². The monoisotopic (exact) mass is 809 g/mol. The molecule has 3 aromatic rings. The van der Waals surface area contributed by atoms with Gasteiger partial charge >= 0.3 is 13.7 Å². The Morgan fingerprint density at radius 3 is 2.54 bits per heavy atom. The number of benzene rings is 1. The Bertz CT molecular complexity index is 2080. The molecule has 4 amide bonds. The zero-order chi connectivity index (χ0) is 41.3. The minimum Gasteiger partial charge on any atom is -0.497 e. The van der Waals surface area contributed by atoms with Crippen molar-refractivity contribution in [2.24, 2.45) is 11.3 Å². The van der Waals surface area contributed by atoms with E-state index < -0.39 is 60.3 Å². The van der Waals surface area contributed by atoms with Crippen molar-refractivity contribution in [1.82, 2.24) is 30.5 Å². The van der Waals surface area contributed by atoms with Gasteiger partial charge in [-0.15, -0.1) is 6.58 Å². The molecule has 18 heteroatoms. The molecular weight excluding hydrogens is 757 g/mol. The summed E-state index contributed by atoms with van der Waals surface area (Å²) >= 11 is 0. The SMILES string of the molecule is C=C[C@@H]1C[C@]1(NC(=O)[C@@H]1CC(Oc2cc(-c3cnc(NC(C)=O)[nH]3)nc3cc(OC)ccc23)CN1C(=O)[C@@H](NC(=O)OC1CCCC1)C(C)(C)C)P(=O)(O)OCC. The van der Waals surface area contributed by atoms with Crippen molar-refractivity contribution in [3.8, 4) is 22.9 Å². The van der Waals surface area contributed by atoms with E-state index in [-0.39, 0.29) is 44.0 Å². The van der Waals surface area contributed by atoms with Crippen LogP contribution in [-0.2, 0) is 28.2 Å². The van der Waals surface area contributed by atoms with E-state index in [9.17, 15) is 28.6 Å². The van der Waals surface area contributed by atoms with Gasteiger partial charge in [0, 0.05) is 36.8 Å². The Balaban J connectivity index is 1.34. The van der Waals surface area contributed by atoms with E-state index >= 15 is 0 Å². The van der Waals surface area contributed by atoms with Gasteiger partial charge in [-0.1, -0.05) is 26.8 Å². The molecule has 1 saturated heterocycles. The van der Waals surface area contributed by atoms with Gasteiger partial charge in [-0.2, -0.15) is 0 Å². The number of aromatic nitrogens is 3. The number of amides is 4. The number of fused-ring (bicyclic) bond motifs is 1. The third-order valence-corrected chi connectivity index (χ3v) is 12.9. The molecule has 2 aromatic heterocycles. The molecule has 6 atom stereocenters. The number of aromatic amines is 1. The van der Waals surface area contributed by atoms with E-state index in [0.29, 0.717) is 33.8 Å². The predicted octanol–water partition coefficient (Wildman–Crippen LogP) is 5.26. The second-order valence-electron chi connectivity index (χ2n) is 15.9. The van der Waals surface area contributed by atoms with Crippen LogP contribution in [0.15, 0.2) is 43.1 Å². The first kappa shape index (κ1) is 41.6. The zero-order valence-electron chi connectivity index (χ0n) is 33.1. The standard InChI is InChI=1S/C39H52N7O10P/c1-8-23-19-39(23,57(51,52)54-9-2)45-34(48)31-17-26(21-46(31)35(49)33(38(4,5)6)44-37(50)56-24-12-10-11-13-24)55-32-18-29(30-20-40-36(43-30)41-22(3)47)42-28-16-25(53-7)14-15-27(28)32/h8,14-16,18,20,23-24,26,31,33H,1,9-13,17,19,21H2,2-7H3,(H,44,50)(H,45,48)(H,51,52)(H2,40,41,43,47)/t23-,26?,31+,33-,39+/m1/s1. The summed E-state index contributed by atoms with van der Waals surface area (Å²) in [7, 11) is -2.84. The van der Waals surface area contributed by atoms with Gasteiger partial charge in [0.15, 0.2) is 0 Å². The second-order valence-corrected chi connectivity index (χ2v) is 17.9. The Hall–Kier alpha value is -4.99. The summed E-state index contributed by atoms with van der Waals surface area (Å²) in [6.45, 7) is 12.0. The molecule has 1 aromatic carbocycles. The van der Waals surface area contributed by atoms with E-state index in [1.54, 1.807) is 52.0 Å². The molecule has 3 fully saturated rings. The van der Waals surface area contributed by atoms with Crippen LogP contribution >= 0.6 is 7.60 Å². The van der Waals surface area contributed by atoms with Crippen LogP contribution in [0.5, 0.6) is 11.5 Å². The molecule has 2 aliphatic carbocycles. The highest BCUT2D eigenvalue weighted by atomic mass is 31.2. The minimum absolute atomic E-state index is 0.00774. The van der Waals surface area contributed by atoms with Crippen molar-refractivity contribution in [2.75, 3.05) is 25.6 Å². The zero-order valence-corrected chi connectivity index (χ0v) is 34.0. The normalized spacial score (nSPS) is 23.6. The van der Waals surface area contributed by atoms with Crippen LogP contribution < -0.4 is 25.4 Å². The first-order valence-corrected chi connectivity index (χ1v) is 20.7. The van der Waals surface area contributed by atoms with Crippen LogP contribution in [0, 0.1) is 11.3 Å². The molecule has 5 N–H and O–H groups in total. The third kappa shape index (κ3) is 8.95. The van der Waals surface area contributed by atoms with Crippen LogP contribution in [0.2, 0.25) is 0 Å². The maximum absolute atomic E-state index is 14.7. The second kappa shape index (κ2) is 16.5. The van der Waals surface area contributed by atoms with E-state index in [1.807, 2.05) is 0 Å². The van der Waals surface area contributed by atoms with Crippen molar-refractivity contribution < 1.29 is 47.4 Å². The number of likely N-dealkylation sites (tertiary alicyclic amines) is 1. The first-order chi connectivity index (χ1) is 27.0. The van der Waals surface area contributed by atoms with Crippen molar-refractivity contribution >= 4 is 48.3 Å². The molecule has 57 heavy (non-hydrogen) atoms. The number of ether oxygens (including phenoxy) is 3. The van der Waals surface area contributed by atoms with Gasteiger partial charge in [0.2, 0.25) is 23.7 Å². The summed E-state index contributed by atoms with van der Waals surface area (Å²) in [5, 5.41) is 7.17. The summed E-state index contributed by atoms with van der Waals surface area (Å²) in [6.07, 6.45) is 4.79. The largest absolute Gasteiger partial charge is 0.497 e. The van der Waals surface area contributed by atoms with E-state index in [2.05, 4.69) is 32.5 Å². The number of hydrogen-bond donors (Lipinski definition) is 5. The summed E-state index contributed by atoms with van der Waals surface area (Å²) < 4.78 is 36.5. The molecule has 3 heterocycles. The van der Waals surface area contributed by atoms with Crippen LogP contribution in [-0.4, -0.2) is 98.4 Å². The number of nitrogens with one attached hydrogen (secondary N) is 4.